The third-order valence-corrected chi connectivity index (χ3v) is 4.59. The van der Waals surface area contributed by atoms with E-state index in [0.29, 0.717) is 5.69 Å². The Balaban J connectivity index is 2.32. The number of anilines is 2. The molecular weight excluding hydrogens is 298 g/mol. The van der Waals surface area contributed by atoms with Crippen LogP contribution in [0.4, 0.5) is 11.4 Å². The van der Waals surface area contributed by atoms with E-state index in [0.717, 1.165) is 16.1 Å². The molecule has 1 atom stereocenters. The summed E-state index contributed by atoms with van der Waals surface area (Å²) in [6.45, 7) is -0.143. The number of nitrogens with zero attached hydrogens (tertiary/aromatic N) is 2. The summed E-state index contributed by atoms with van der Waals surface area (Å²) in [5.41, 5.74) is 8.55. The molecular formula is C16H19N3O2S. The third-order valence-electron chi connectivity index (χ3n) is 3.26. The lowest BCUT2D eigenvalue weighted by molar-refractivity contribution is -0.479. The van der Waals surface area contributed by atoms with Crippen LogP contribution < -0.4 is 10.6 Å². The minimum Gasteiger partial charge on any atom is -0.398 e. The van der Waals surface area contributed by atoms with Gasteiger partial charge >= 0.3 is 0 Å². The Morgan fingerprint density at radius 1 is 1.23 bits per heavy atom. The minimum atomic E-state index is -0.279. The Labute approximate surface area is 134 Å². The van der Waals surface area contributed by atoms with Crippen LogP contribution in [0.2, 0.25) is 0 Å². The van der Waals surface area contributed by atoms with Crippen LogP contribution in [-0.4, -0.2) is 25.6 Å². The maximum atomic E-state index is 11.0. The van der Waals surface area contributed by atoms with Crippen molar-refractivity contribution in [1.29, 1.82) is 0 Å². The number of nitrogens with two attached hydrogens (primary N) is 1. The zero-order valence-electron chi connectivity index (χ0n) is 12.6. The summed E-state index contributed by atoms with van der Waals surface area (Å²) in [5, 5.41) is 10.7. The predicted molar refractivity (Wildman–Crippen MR) is 92.1 cm³/mol. The molecule has 22 heavy (non-hydrogen) atoms. The Kier molecular flexibility index (Phi) is 5.27. The van der Waals surface area contributed by atoms with Crippen molar-refractivity contribution in [3.63, 3.8) is 0 Å². The standard InChI is InChI=1S/C16H19N3O2S/c1-18(2)13-7-5-6-12(10-13)16(11-19(20)21)22-15-9-4-3-8-14(15)17/h3-10,16H,11,17H2,1-2H3/t16-/m1/s1. The Hall–Kier alpha value is -2.21. The summed E-state index contributed by atoms with van der Waals surface area (Å²) in [5.74, 6) is 0. The lowest BCUT2D eigenvalue weighted by Crippen LogP contribution is -2.12. The van der Waals surface area contributed by atoms with Crippen molar-refractivity contribution in [3.05, 3.63) is 64.2 Å². The van der Waals surface area contributed by atoms with Crippen LogP contribution in [0.15, 0.2) is 53.4 Å². The largest absolute Gasteiger partial charge is 0.398 e. The summed E-state index contributed by atoms with van der Waals surface area (Å²) in [7, 11) is 3.90. The highest BCUT2D eigenvalue weighted by Crippen LogP contribution is 2.38. The van der Waals surface area contributed by atoms with Gasteiger partial charge in [0.1, 0.15) is 0 Å². The molecule has 2 rings (SSSR count). The number of nitrogen functional groups attached to an aromatic ring is 1. The molecule has 0 aliphatic carbocycles. The molecule has 0 aliphatic rings. The van der Waals surface area contributed by atoms with E-state index in [2.05, 4.69) is 0 Å². The number of rotatable bonds is 6. The summed E-state index contributed by atoms with van der Waals surface area (Å²) in [4.78, 5) is 13.6. The fourth-order valence-corrected chi connectivity index (χ4v) is 3.24. The summed E-state index contributed by atoms with van der Waals surface area (Å²) in [6, 6.07) is 15.3. The zero-order valence-corrected chi connectivity index (χ0v) is 13.4. The first-order valence-corrected chi connectivity index (χ1v) is 7.75. The molecule has 0 heterocycles. The Morgan fingerprint density at radius 3 is 2.59 bits per heavy atom. The fourth-order valence-electron chi connectivity index (χ4n) is 2.09. The van der Waals surface area contributed by atoms with Crippen molar-refractivity contribution < 1.29 is 4.92 Å². The first kappa shape index (κ1) is 16.2. The van der Waals surface area contributed by atoms with E-state index < -0.39 is 0 Å². The van der Waals surface area contributed by atoms with Gasteiger partial charge in [-0.3, -0.25) is 10.1 Å². The van der Waals surface area contributed by atoms with Gasteiger partial charge in [0.15, 0.2) is 0 Å². The maximum Gasteiger partial charge on any atom is 0.220 e. The van der Waals surface area contributed by atoms with Crippen LogP contribution in [0, 0.1) is 10.1 Å². The SMILES string of the molecule is CN(C)c1cccc([C@@H](C[N+](=O)[O-])Sc2ccccc2N)c1. The van der Waals surface area contributed by atoms with Gasteiger partial charge in [0, 0.05) is 35.3 Å². The quantitative estimate of drug-likeness (QED) is 0.382. The van der Waals surface area contributed by atoms with Crippen molar-refractivity contribution in [2.45, 2.75) is 10.1 Å². The monoisotopic (exact) mass is 317 g/mol. The second kappa shape index (κ2) is 7.17. The van der Waals surface area contributed by atoms with Gasteiger partial charge < -0.3 is 10.6 Å². The van der Waals surface area contributed by atoms with E-state index in [-0.39, 0.29) is 16.7 Å². The highest BCUT2D eigenvalue weighted by Gasteiger charge is 2.20. The van der Waals surface area contributed by atoms with Gasteiger partial charge in [-0.1, -0.05) is 24.3 Å². The van der Waals surface area contributed by atoms with Crippen LogP contribution in [0.25, 0.3) is 0 Å². The highest BCUT2D eigenvalue weighted by molar-refractivity contribution is 7.99. The van der Waals surface area contributed by atoms with E-state index in [1.807, 2.05) is 67.5 Å². The van der Waals surface area contributed by atoms with Gasteiger partial charge in [0.25, 0.3) is 0 Å². The molecule has 0 spiro atoms. The Bertz CT molecular complexity index is 661. The first-order valence-electron chi connectivity index (χ1n) is 6.87. The highest BCUT2D eigenvalue weighted by atomic mass is 32.2. The second-order valence-electron chi connectivity index (χ2n) is 5.15. The topological polar surface area (TPSA) is 72.4 Å². The van der Waals surface area contributed by atoms with E-state index in [9.17, 15) is 10.1 Å². The molecule has 0 aliphatic heterocycles. The van der Waals surface area contributed by atoms with E-state index in [1.165, 1.54) is 11.8 Å². The maximum absolute atomic E-state index is 11.0. The van der Waals surface area contributed by atoms with Crippen molar-refractivity contribution >= 4 is 23.1 Å². The van der Waals surface area contributed by atoms with E-state index >= 15 is 0 Å². The fraction of sp³-hybridized carbons (Fsp3) is 0.250. The molecule has 2 aromatic carbocycles. The van der Waals surface area contributed by atoms with Crippen molar-refractivity contribution in [3.8, 4) is 0 Å². The summed E-state index contributed by atoms with van der Waals surface area (Å²) < 4.78 is 0. The van der Waals surface area contributed by atoms with Crippen LogP contribution >= 0.6 is 11.8 Å². The van der Waals surface area contributed by atoms with Gasteiger partial charge in [0.2, 0.25) is 6.54 Å². The van der Waals surface area contributed by atoms with Crippen molar-refractivity contribution in [2.24, 2.45) is 0 Å². The van der Waals surface area contributed by atoms with Gasteiger partial charge in [-0.05, 0) is 29.8 Å². The van der Waals surface area contributed by atoms with Crippen LogP contribution in [0.5, 0.6) is 0 Å². The average Bonchev–Trinajstić information content (AvgIpc) is 2.48. The van der Waals surface area contributed by atoms with E-state index in [1.54, 1.807) is 0 Å². The van der Waals surface area contributed by atoms with Crippen molar-refractivity contribution in [2.75, 3.05) is 31.3 Å². The molecule has 5 nitrogen and oxygen atoms in total. The smallest absolute Gasteiger partial charge is 0.220 e. The van der Waals surface area contributed by atoms with Crippen LogP contribution in [-0.2, 0) is 0 Å². The molecule has 0 unspecified atom stereocenters. The normalized spacial score (nSPS) is 11.9. The van der Waals surface area contributed by atoms with Crippen molar-refractivity contribution in [1.82, 2.24) is 0 Å². The molecule has 0 radical (unpaired) electrons. The van der Waals surface area contributed by atoms with Gasteiger partial charge in [-0.15, -0.1) is 11.8 Å². The minimum absolute atomic E-state index is 0.143. The molecule has 116 valence electrons. The molecule has 0 bridgehead atoms. The van der Waals surface area contributed by atoms with Gasteiger partial charge in [0.05, 0.1) is 5.25 Å². The molecule has 2 N–H and O–H groups in total. The lowest BCUT2D eigenvalue weighted by atomic mass is 10.1. The van der Waals surface area contributed by atoms with Crippen LogP contribution in [0.1, 0.15) is 10.8 Å². The van der Waals surface area contributed by atoms with Gasteiger partial charge in [-0.2, -0.15) is 0 Å². The first-order chi connectivity index (χ1) is 10.5. The summed E-state index contributed by atoms with van der Waals surface area (Å²) in [6.07, 6.45) is 0. The molecule has 0 amide bonds. The lowest BCUT2D eigenvalue weighted by Gasteiger charge is -2.18. The number of para-hydroxylation sites is 1. The zero-order chi connectivity index (χ0) is 16.1. The van der Waals surface area contributed by atoms with Gasteiger partial charge in [-0.25, -0.2) is 0 Å². The number of hydrogen-bond donors (Lipinski definition) is 1. The Morgan fingerprint density at radius 2 is 1.95 bits per heavy atom. The molecule has 0 saturated heterocycles. The van der Waals surface area contributed by atoms with E-state index in [4.69, 9.17) is 5.73 Å². The molecule has 0 aromatic heterocycles. The van der Waals surface area contributed by atoms with Crippen LogP contribution in [0.3, 0.4) is 0 Å². The summed E-state index contributed by atoms with van der Waals surface area (Å²) >= 11 is 1.43. The predicted octanol–water partition coefficient (Wildman–Crippen LogP) is 3.44. The number of thioether (sulfide) groups is 1. The molecule has 0 saturated carbocycles. The second-order valence-corrected chi connectivity index (χ2v) is 6.39. The molecule has 0 fully saturated rings. The number of nitro groups is 1. The average molecular weight is 317 g/mol. The molecule has 2 aromatic rings. The molecule has 6 heteroatoms. The third kappa shape index (κ3) is 4.14. The number of hydrogen-bond acceptors (Lipinski definition) is 5. The number of benzene rings is 2.